The fourth-order valence-electron chi connectivity index (χ4n) is 4.69. The van der Waals surface area contributed by atoms with Crippen LogP contribution in [0, 0.1) is 5.92 Å². The molecule has 0 saturated heterocycles. The van der Waals surface area contributed by atoms with Crippen LogP contribution in [0.4, 0.5) is 24.8 Å². The number of anilines is 2. The Bertz CT molecular complexity index is 1330. The van der Waals surface area contributed by atoms with Crippen LogP contribution in [0.5, 0.6) is 5.75 Å². The number of hydrogen-bond donors (Lipinski definition) is 2. The Morgan fingerprint density at radius 2 is 1.92 bits per heavy atom. The molecule has 1 aliphatic carbocycles. The summed E-state index contributed by atoms with van der Waals surface area (Å²) in [5.74, 6) is -0.350. The summed E-state index contributed by atoms with van der Waals surface area (Å²) in [7, 11) is 1.43. The molecule has 194 valence electrons. The number of nitrogens with zero attached hydrogens (tertiary/aromatic N) is 2. The number of carbonyl (C=O) groups is 2. The summed E-state index contributed by atoms with van der Waals surface area (Å²) < 4.78 is 47.1. The molecule has 0 aliphatic heterocycles. The van der Waals surface area contributed by atoms with Crippen LogP contribution in [0.1, 0.15) is 59.1 Å². The van der Waals surface area contributed by atoms with E-state index in [2.05, 4.69) is 20.6 Å². The Hall–Kier alpha value is -3.95. The number of halogens is 3. The van der Waals surface area contributed by atoms with Gasteiger partial charge in [0.2, 0.25) is 11.9 Å². The van der Waals surface area contributed by atoms with Gasteiger partial charge in [-0.3, -0.25) is 9.59 Å². The van der Waals surface area contributed by atoms with Gasteiger partial charge in [-0.05, 0) is 48.1 Å². The molecule has 4 rings (SSSR count). The first-order valence-corrected chi connectivity index (χ1v) is 11.9. The van der Waals surface area contributed by atoms with Gasteiger partial charge in [-0.15, -0.1) is 0 Å². The van der Waals surface area contributed by atoms with E-state index in [9.17, 15) is 22.8 Å². The van der Waals surface area contributed by atoms with Crippen molar-refractivity contribution in [2.24, 2.45) is 5.92 Å². The van der Waals surface area contributed by atoms with E-state index in [4.69, 9.17) is 4.74 Å². The summed E-state index contributed by atoms with van der Waals surface area (Å²) >= 11 is 0. The molecule has 0 spiro atoms. The highest BCUT2D eigenvalue weighted by atomic mass is 19.4. The van der Waals surface area contributed by atoms with E-state index in [1.807, 2.05) is 24.3 Å². The van der Waals surface area contributed by atoms with Gasteiger partial charge >= 0.3 is 6.18 Å². The lowest BCUT2D eigenvalue weighted by molar-refractivity contribution is -0.138. The first kappa shape index (κ1) is 26.1. The maximum absolute atomic E-state index is 13.9. The molecule has 1 amide bonds. The van der Waals surface area contributed by atoms with Crippen LogP contribution in [0.25, 0.3) is 0 Å². The van der Waals surface area contributed by atoms with Crippen LogP contribution in [0.2, 0.25) is 0 Å². The van der Waals surface area contributed by atoms with Gasteiger partial charge in [0.1, 0.15) is 5.75 Å². The summed E-state index contributed by atoms with van der Waals surface area (Å²) in [6.07, 6.45) is -3.07. The minimum atomic E-state index is -4.65. The molecule has 10 heteroatoms. The van der Waals surface area contributed by atoms with Crippen LogP contribution in [-0.4, -0.2) is 28.8 Å². The van der Waals surface area contributed by atoms with Gasteiger partial charge in [0.05, 0.1) is 30.1 Å². The minimum Gasteiger partial charge on any atom is -0.495 e. The summed E-state index contributed by atoms with van der Waals surface area (Å²) in [6, 6.07) is 11.9. The largest absolute Gasteiger partial charge is 0.495 e. The highest BCUT2D eigenvalue weighted by Crippen LogP contribution is 2.40. The highest BCUT2D eigenvalue weighted by molar-refractivity contribution is 5.97. The molecule has 0 radical (unpaired) electrons. The number of aromatic nitrogens is 2. The molecule has 0 unspecified atom stereocenters. The standard InChI is InChI=1S/C27H27F3N4O3/c1-4-23(36)17-9-10-21(24(13-17)37-3)33-26-31-14-20(27(28,29)30)22(34-26)12-18-11-16-7-5-6-8-19(16)25(18)32-15(2)35/h5-10,13-14,18,25H,4,11-12H2,1-3H3,(H,32,35)(H,31,33,34)/t18-,25-/m0/s1. The predicted molar refractivity (Wildman–Crippen MR) is 132 cm³/mol. The molecular weight excluding hydrogens is 485 g/mol. The van der Waals surface area contributed by atoms with Crippen molar-refractivity contribution in [3.63, 3.8) is 0 Å². The molecule has 0 bridgehead atoms. The lowest BCUT2D eigenvalue weighted by Gasteiger charge is -2.23. The lowest BCUT2D eigenvalue weighted by atomic mass is 9.93. The van der Waals surface area contributed by atoms with Crippen LogP contribution in [0.3, 0.4) is 0 Å². The number of fused-ring (bicyclic) bond motifs is 1. The van der Waals surface area contributed by atoms with Crippen molar-refractivity contribution in [3.8, 4) is 5.75 Å². The van der Waals surface area contributed by atoms with E-state index < -0.39 is 17.8 Å². The zero-order valence-electron chi connectivity index (χ0n) is 20.6. The summed E-state index contributed by atoms with van der Waals surface area (Å²) in [4.78, 5) is 32.1. The van der Waals surface area contributed by atoms with Crippen molar-refractivity contribution >= 4 is 23.3 Å². The first-order valence-electron chi connectivity index (χ1n) is 11.9. The number of nitrogens with one attached hydrogen (secondary N) is 2. The topological polar surface area (TPSA) is 93.2 Å². The van der Waals surface area contributed by atoms with Crippen LogP contribution in [0.15, 0.2) is 48.7 Å². The number of alkyl halides is 3. The van der Waals surface area contributed by atoms with E-state index in [0.29, 0.717) is 29.8 Å². The Morgan fingerprint density at radius 3 is 2.59 bits per heavy atom. The second-order valence-corrected chi connectivity index (χ2v) is 8.91. The van der Waals surface area contributed by atoms with Crippen molar-refractivity contribution in [2.45, 2.75) is 45.3 Å². The third-order valence-electron chi connectivity index (χ3n) is 6.42. The smallest absolute Gasteiger partial charge is 0.419 e. The van der Waals surface area contributed by atoms with Crippen molar-refractivity contribution in [2.75, 3.05) is 12.4 Å². The zero-order chi connectivity index (χ0) is 26.7. The molecule has 3 aromatic rings. The van der Waals surface area contributed by atoms with Crippen molar-refractivity contribution in [3.05, 3.63) is 76.6 Å². The molecule has 7 nitrogen and oxygen atoms in total. The number of benzene rings is 2. The number of hydrogen-bond acceptors (Lipinski definition) is 6. The molecular formula is C27H27F3N4O3. The fourth-order valence-corrected chi connectivity index (χ4v) is 4.69. The Balaban J connectivity index is 1.67. The minimum absolute atomic E-state index is 0.0211. The average Bonchev–Trinajstić information content (AvgIpc) is 3.19. The van der Waals surface area contributed by atoms with E-state index in [-0.39, 0.29) is 35.7 Å². The van der Waals surface area contributed by atoms with E-state index in [0.717, 1.165) is 17.3 Å². The third-order valence-corrected chi connectivity index (χ3v) is 6.42. The second-order valence-electron chi connectivity index (χ2n) is 8.91. The van der Waals surface area contributed by atoms with Gasteiger partial charge in [-0.25, -0.2) is 9.97 Å². The molecule has 2 aromatic carbocycles. The highest BCUT2D eigenvalue weighted by Gasteiger charge is 2.39. The molecule has 0 saturated carbocycles. The number of rotatable bonds is 8. The van der Waals surface area contributed by atoms with Gasteiger partial charge in [-0.1, -0.05) is 31.2 Å². The second kappa shape index (κ2) is 10.6. The number of amides is 1. The number of ether oxygens (including phenoxy) is 1. The molecule has 0 fully saturated rings. The van der Waals surface area contributed by atoms with Gasteiger partial charge < -0.3 is 15.4 Å². The summed E-state index contributed by atoms with van der Waals surface area (Å²) in [5, 5.41) is 5.81. The quantitative estimate of drug-likeness (QED) is 0.391. The molecule has 1 aliphatic rings. The average molecular weight is 513 g/mol. The van der Waals surface area contributed by atoms with E-state index in [1.165, 1.54) is 14.0 Å². The molecule has 1 aromatic heterocycles. The maximum atomic E-state index is 13.9. The molecule has 2 N–H and O–H groups in total. The third kappa shape index (κ3) is 5.73. The molecule has 37 heavy (non-hydrogen) atoms. The summed E-state index contributed by atoms with van der Waals surface area (Å²) in [6.45, 7) is 3.14. The fraction of sp³-hybridized carbons (Fsp3) is 0.333. The molecule has 2 atom stereocenters. The Labute approximate surface area is 212 Å². The van der Waals surface area contributed by atoms with E-state index in [1.54, 1.807) is 25.1 Å². The van der Waals surface area contributed by atoms with Gasteiger partial charge in [-0.2, -0.15) is 13.2 Å². The van der Waals surface area contributed by atoms with Crippen LogP contribution >= 0.6 is 0 Å². The van der Waals surface area contributed by atoms with Crippen molar-refractivity contribution < 1.29 is 27.5 Å². The van der Waals surface area contributed by atoms with Gasteiger partial charge in [0.15, 0.2) is 5.78 Å². The van der Waals surface area contributed by atoms with Gasteiger partial charge in [0.25, 0.3) is 0 Å². The van der Waals surface area contributed by atoms with Crippen LogP contribution in [-0.2, 0) is 23.8 Å². The monoisotopic (exact) mass is 512 g/mol. The number of carbonyl (C=O) groups excluding carboxylic acids is 2. The van der Waals surface area contributed by atoms with Crippen molar-refractivity contribution in [1.29, 1.82) is 0 Å². The Kier molecular flexibility index (Phi) is 7.47. The lowest BCUT2D eigenvalue weighted by Crippen LogP contribution is -2.31. The summed E-state index contributed by atoms with van der Waals surface area (Å²) in [5.41, 5.74) is 1.66. The number of ketones is 1. The SMILES string of the molecule is CCC(=O)c1ccc(Nc2ncc(C(F)(F)F)c(C[C@@H]3Cc4ccccc4[C@H]3NC(C)=O)n2)c(OC)c1. The predicted octanol–water partition coefficient (Wildman–Crippen LogP) is 5.43. The number of methoxy groups -OCH3 is 1. The van der Waals surface area contributed by atoms with Gasteiger partial charge in [0, 0.05) is 25.1 Å². The Morgan fingerprint density at radius 1 is 1.16 bits per heavy atom. The number of Topliss-reactive ketones (excluding diaryl/α,β-unsaturated/α-hetero) is 1. The maximum Gasteiger partial charge on any atom is 0.419 e. The van der Waals surface area contributed by atoms with Crippen LogP contribution < -0.4 is 15.4 Å². The zero-order valence-corrected chi connectivity index (χ0v) is 20.6. The first-order chi connectivity index (χ1) is 17.6. The van der Waals surface area contributed by atoms with E-state index >= 15 is 0 Å². The molecule has 1 heterocycles. The normalized spacial score (nSPS) is 16.7. The van der Waals surface area contributed by atoms with Crippen molar-refractivity contribution in [1.82, 2.24) is 15.3 Å².